The summed E-state index contributed by atoms with van der Waals surface area (Å²) in [5.41, 5.74) is 2.38. The molecule has 2 aliphatic heterocycles. The van der Waals surface area contributed by atoms with E-state index in [4.69, 9.17) is 17.0 Å². The van der Waals surface area contributed by atoms with Crippen molar-refractivity contribution in [2.75, 3.05) is 11.5 Å². The van der Waals surface area contributed by atoms with Crippen molar-refractivity contribution in [2.24, 2.45) is 0 Å². The minimum Gasteiger partial charge on any atom is -0.376 e. The van der Waals surface area contributed by atoms with Crippen LogP contribution in [0.4, 0.5) is 10.1 Å². The van der Waals surface area contributed by atoms with Crippen LogP contribution in [0.15, 0.2) is 67.0 Å². The summed E-state index contributed by atoms with van der Waals surface area (Å²) in [5, 5.41) is 3.88. The predicted molar refractivity (Wildman–Crippen MR) is 118 cm³/mol. The second-order valence-electron chi connectivity index (χ2n) is 7.67. The number of nitrogens with zero attached hydrogens (tertiary/aromatic N) is 3. The number of hydrogen-bond acceptors (Lipinski definition) is 3. The van der Waals surface area contributed by atoms with Gasteiger partial charge in [-0.15, -0.1) is 0 Å². The molecule has 0 spiro atoms. The fraction of sp³-hybridized carbons (Fsp3) is 0.304. The molecule has 2 fully saturated rings. The topological polar surface area (TPSA) is 42.3 Å². The van der Waals surface area contributed by atoms with Crippen molar-refractivity contribution in [1.29, 1.82) is 0 Å². The van der Waals surface area contributed by atoms with Gasteiger partial charge in [0.1, 0.15) is 11.9 Å². The Kier molecular flexibility index (Phi) is 5.23. The number of para-hydroxylation sites is 1. The summed E-state index contributed by atoms with van der Waals surface area (Å²) in [6.45, 7) is 1.58. The summed E-state index contributed by atoms with van der Waals surface area (Å²) in [5.74, 6) is -0.300. The Bertz CT molecular complexity index is 1030. The maximum absolute atomic E-state index is 14.8. The maximum atomic E-state index is 14.8. The normalized spacial score (nSPS) is 23.7. The molecular weight excluding hydrogens is 399 g/mol. The molecule has 3 atom stereocenters. The standard InChI is InChI=1S/C23H23FN4OS/c24-17-8-1-2-10-19(17)28-22(21(26-23(28)30)18-9-3-4-12-25-18)20-11-5-13-27(20)15-16-7-6-14-29-16/h1-5,8-13,16,21-22H,6-7,14-15H2,(H,26,30)/t16-,21-,22+/m1/s1. The highest BCUT2D eigenvalue weighted by molar-refractivity contribution is 7.80. The molecule has 0 radical (unpaired) electrons. The second kappa shape index (κ2) is 8.16. The van der Waals surface area contributed by atoms with E-state index in [1.807, 2.05) is 35.2 Å². The Morgan fingerprint density at radius 1 is 1.13 bits per heavy atom. The molecule has 0 amide bonds. The second-order valence-corrected chi connectivity index (χ2v) is 8.06. The lowest BCUT2D eigenvalue weighted by molar-refractivity contribution is 0.0961. The molecule has 5 rings (SSSR count). The van der Waals surface area contributed by atoms with Crippen molar-refractivity contribution >= 4 is 23.0 Å². The number of nitrogens with one attached hydrogen (secondary N) is 1. The first-order valence-electron chi connectivity index (χ1n) is 10.2. The van der Waals surface area contributed by atoms with Crippen LogP contribution in [-0.2, 0) is 11.3 Å². The number of hydrogen-bond donors (Lipinski definition) is 1. The van der Waals surface area contributed by atoms with E-state index < -0.39 is 0 Å². The van der Waals surface area contributed by atoms with Crippen LogP contribution in [-0.4, -0.2) is 27.4 Å². The third-order valence-corrected chi connectivity index (χ3v) is 6.12. The SMILES string of the molecule is Fc1ccccc1N1C(=S)N[C@H](c2ccccn2)[C@@H]1c1cccn1C[C@H]1CCCO1. The molecule has 1 N–H and O–H groups in total. The van der Waals surface area contributed by atoms with E-state index in [2.05, 4.69) is 27.1 Å². The lowest BCUT2D eigenvalue weighted by Crippen LogP contribution is -2.31. The van der Waals surface area contributed by atoms with Crippen molar-refractivity contribution in [2.45, 2.75) is 37.6 Å². The van der Waals surface area contributed by atoms with Crippen LogP contribution in [0, 0.1) is 5.82 Å². The van der Waals surface area contributed by atoms with Gasteiger partial charge in [-0.25, -0.2) is 4.39 Å². The lowest BCUT2D eigenvalue weighted by Gasteiger charge is -2.29. The van der Waals surface area contributed by atoms with E-state index in [1.54, 1.807) is 18.3 Å². The molecule has 3 aromatic rings. The smallest absolute Gasteiger partial charge is 0.174 e. The first-order valence-corrected chi connectivity index (χ1v) is 10.6. The largest absolute Gasteiger partial charge is 0.376 e. The van der Waals surface area contributed by atoms with Crippen molar-refractivity contribution in [3.8, 4) is 0 Å². The van der Waals surface area contributed by atoms with Gasteiger partial charge in [-0.3, -0.25) is 4.98 Å². The number of aromatic nitrogens is 2. The molecule has 0 unspecified atom stereocenters. The van der Waals surface area contributed by atoms with Gasteiger partial charge in [0.05, 0.1) is 23.5 Å². The maximum Gasteiger partial charge on any atom is 0.174 e. The number of pyridine rings is 1. The van der Waals surface area contributed by atoms with E-state index in [-0.39, 0.29) is 24.0 Å². The number of anilines is 1. The van der Waals surface area contributed by atoms with Gasteiger partial charge in [-0.05, 0) is 61.5 Å². The Balaban J connectivity index is 1.59. The molecule has 154 valence electrons. The molecule has 2 saturated heterocycles. The molecule has 1 aromatic carbocycles. The summed E-state index contributed by atoms with van der Waals surface area (Å²) in [6.07, 6.45) is 6.18. The number of benzene rings is 1. The Morgan fingerprint density at radius 2 is 2.00 bits per heavy atom. The quantitative estimate of drug-likeness (QED) is 0.618. The van der Waals surface area contributed by atoms with Gasteiger partial charge in [0.25, 0.3) is 0 Å². The van der Waals surface area contributed by atoms with E-state index in [0.29, 0.717) is 10.8 Å². The van der Waals surface area contributed by atoms with Crippen LogP contribution in [0.2, 0.25) is 0 Å². The third-order valence-electron chi connectivity index (χ3n) is 5.80. The minimum absolute atomic E-state index is 0.198. The predicted octanol–water partition coefficient (Wildman–Crippen LogP) is 4.38. The zero-order valence-corrected chi connectivity index (χ0v) is 17.3. The Hall–Kier alpha value is -2.77. The van der Waals surface area contributed by atoms with Gasteiger partial charge in [0.2, 0.25) is 0 Å². The van der Waals surface area contributed by atoms with Gasteiger partial charge in [-0.2, -0.15) is 0 Å². The summed E-state index contributed by atoms with van der Waals surface area (Å²) in [4.78, 5) is 6.44. The Labute approximate surface area is 180 Å². The summed E-state index contributed by atoms with van der Waals surface area (Å²) < 4.78 is 22.9. The fourth-order valence-corrected chi connectivity index (χ4v) is 4.77. The lowest BCUT2D eigenvalue weighted by atomic mass is 10.0. The van der Waals surface area contributed by atoms with Gasteiger partial charge in [0.15, 0.2) is 5.11 Å². The van der Waals surface area contributed by atoms with Crippen molar-refractivity contribution in [3.63, 3.8) is 0 Å². The summed E-state index contributed by atoms with van der Waals surface area (Å²) in [6, 6.07) is 16.3. The number of ether oxygens (including phenoxy) is 1. The molecule has 2 aliphatic rings. The van der Waals surface area contributed by atoms with Crippen LogP contribution < -0.4 is 10.2 Å². The van der Waals surface area contributed by atoms with Gasteiger partial charge >= 0.3 is 0 Å². The van der Waals surface area contributed by atoms with Crippen LogP contribution >= 0.6 is 12.2 Å². The molecule has 2 aromatic heterocycles. The monoisotopic (exact) mass is 422 g/mol. The average Bonchev–Trinajstić information content (AvgIpc) is 3.50. The van der Waals surface area contributed by atoms with Gasteiger partial charge in [-0.1, -0.05) is 18.2 Å². The molecule has 0 saturated carbocycles. The first kappa shape index (κ1) is 19.2. The molecule has 0 aliphatic carbocycles. The zero-order valence-electron chi connectivity index (χ0n) is 16.4. The number of halogens is 1. The zero-order chi connectivity index (χ0) is 20.5. The third kappa shape index (κ3) is 3.48. The molecule has 7 heteroatoms. The van der Waals surface area contributed by atoms with Crippen molar-refractivity contribution in [1.82, 2.24) is 14.9 Å². The van der Waals surface area contributed by atoms with Gasteiger partial charge in [0, 0.05) is 31.2 Å². The van der Waals surface area contributed by atoms with Crippen LogP contribution in [0.1, 0.15) is 36.3 Å². The molecule has 0 bridgehead atoms. The molecule has 4 heterocycles. The van der Waals surface area contributed by atoms with E-state index in [9.17, 15) is 4.39 Å². The summed E-state index contributed by atoms with van der Waals surface area (Å²) in [7, 11) is 0. The van der Waals surface area contributed by atoms with Crippen LogP contribution in [0.25, 0.3) is 0 Å². The highest BCUT2D eigenvalue weighted by Gasteiger charge is 2.43. The number of thiocarbonyl (C=S) groups is 1. The van der Waals surface area contributed by atoms with E-state index >= 15 is 0 Å². The minimum atomic E-state index is -0.300. The van der Waals surface area contributed by atoms with Gasteiger partial charge < -0.3 is 19.5 Å². The van der Waals surface area contributed by atoms with Crippen molar-refractivity contribution < 1.29 is 9.13 Å². The number of rotatable bonds is 5. The molecule has 30 heavy (non-hydrogen) atoms. The van der Waals surface area contributed by atoms with Crippen LogP contribution in [0.3, 0.4) is 0 Å². The van der Waals surface area contributed by atoms with Crippen LogP contribution in [0.5, 0.6) is 0 Å². The first-order chi connectivity index (χ1) is 14.7. The molecule has 5 nitrogen and oxygen atoms in total. The van der Waals surface area contributed by atoms with Crippen molar-refractivity contribution in [3.05, 3.63) is 84.2 Å². The highest BCUT2D eigenvalue weighted by Crippen LogP contribution is 2.42. The average molecular weight is 423 g/mol. The van der Waals surface area contributed by atoms with E-state index in [0.717, 1.165) is 37.4 Å². The molecular formula is C23H23FN4OS. The summed E-state index contributed by atoms with van der Waals surface area (Å²) >= 11 is 5.68. The fourth-order valence-electron chi connectivity index (χ4n) is 4.43. The van der Waals surface area contributed by atoms with E-state index in [1.165, 1.54) is 6.07 Å². The Morgan fingerprint density at radius 3 is 2.77 bits per heavy atom. The highest BCUT2D eigenvalue weighted by atomic mass is 32.1.